The molecule has 0 amide bonds. The summed E-state index contributed by atoms with van der Waals surface area (Å²) in [6, 6.07) is 20.5. The molecule has 122 valence electrons. The van der Waals surface area contributed by atoms with Crippen LogP contribution in [0.5, 0.6) is 0 Å². The smallest absolute Gasteiger partial charge is 0.200 e. The van der Waals surface area contributed by atoms with Gasteiger partial charge in [-0.1, -0.05) is 60.2 Å². The Morgan fingerprint density at radius 1 is 0.917 bits per heavy atom. The van der Waals surface area contributed by atoms with Gasteiger partial charge in [-0.25, -0.2) is 0 Å². The number of aryl methyl sites for hydroxylation is 1. The minimum Gasteiger partial charge on any atom is -0.200 e. The Labute approximate surface area is 141 Å². The number of hydrazone groups is 1. The average molecular weight is 338 g/mol. The quantitative estimate of drug-likeness (QED) is 0.580. The average Bonchev–Trinajstić information content (AvgIpc) is 2.59. The van der Waals surface area contributed by atoms with E-state index in [9.17, 15) is 8.42 Å². The molecule has 0 aromatic heterocycles. The van der Waals surface area contributed by atoms with Crippen LogP contribution in [0.1, 0.15) is 18.1 Å². The number of hydrogen-bond donors (Lipinski definition) is 1. The van der Waals surface area contributed by atoms with Gasteiger partial charge in [-0.2, -0.15) is 18.4 Å². The lowest BCUT2D eigenvalue weighted by molar-refractivity contribution is 0.584. The molecule has 0 aliphatic carbocycles. The molecule has 0 aliphatic heterocycles. The third kappa shape index (κ3) is 3.31. The molecule has 5 heteroatoms. The maximum absolute atomic E-state index is 12.3. The van der Waals surface area contributed by atoms with Crippen molar-refractivity contribution >= 4 is 26.5 Å². The fourth-order valence-corrected chi connectivity index (χ4v) is 3.36. The molecule has 0 fully saturated rings. The molecule has 3 rings (SSSR count). The SMILES string of the molecule is C/C(=N/NS(=O)(=O)c1ccc(C)cc1)c1cccc2ccccc12. The number of sulfonamides is 1. The zero-order chi connectivity index (χ0) is 17.2. The highest BCUT2D eigenvalue weighted by Gasteiger charge is 2.13. The van der Waals surface area contributed by atoms with Crippen LogP contribution in [0.2, 0.25) is 0 Å². The normalized spacial score (nSPS) is 12.3. The van der Waals surface area contributed by atoms with Crippen molar-refractivity contribution in [3.05, 3.63) is 77.9 Å². The summed E-state index contributed by atoms with van der Waals surface area (Å²) in [6.45, 7) is 3.70. The Morgan fingerprint density at radius 3 is 2.33 bits per heavy atom. The first-order chi connectivity index (χ1) is 11.5. The summed E-state index contributed by atoms with van der Waals surface area (Å²) < 4.78 is 24.6. The Balaban J connectivity index is 1.92. The molecule has 0 saturated heterocycles. The predicted octanol–water partition coefficient (Wildman–Crippen LogP) is 3.85. The number of nitrogens with zero attached hydrogens (tertiary/aromatic N) is 1. The van der Waals surface area contributed by atoms with Crippen molar-refractivity contribution in [3.63, 3.8) is 0 Å². The van der Waals surface area contributed by atoms with Gasteiger partial charge in [0.25, 0.3) is 10.0 Å². The first kappa shape index (κ1) is 16.2. The van der Waals surface area contributed by atoms with Crippen LogP contribution in [0.3, 0.4) is 0 Å². The lowest BCUT2D eigenvalue weighted by Gasteiger charge is -2.08. The van der Waals surface area contributed by atoms with Gasteiger partial charge >= 0.3 is 0 Å². The van der Waals surface area contributed by atoms with Crippen molar-refractivity contribution in [1.29, 1.82) is 0 Å². The number of hydrogen-bond acceptors (Lipinski definition) is 3. The first-order valence-electron chi connectivity index (χ1n) is 7.58. The van der Waals surface area contributed by atoms with Crippen molar-refractivity contribution in [2.75, 3.05) is 0 Å². The van der Waals surface area contributed by atoms with E-state index in [1.165, 1.54) is 0 Å². The van der Waals surface area contributed by atoms with Gasteiger partial charge in [-0.15, -0.1) is 0 Å². The Kier molecular flexibility index (Phi) is 4.36. The second-order valence-electron chi connectivity index (χ2n) is 5.63. The predicted molar refractivity (Wildman–Crippen MR) is 97.7 cm³/mol. The lowest BCUT2D eigenvalue weighted by atomic mass is 10.0. The third-order valence-electron chi connectivity index (χ3n) is 3.84. The topological polar surface area (TPSA) is 58.5 Å². The Bertz CT molecular complexity index is 1000. The van der Waals surface area contributed by atoms with E-state index in [0.29, 0.717) is 5.71 Å². The van der Waals surface area contributed by atoms with E-state index in [-0.39, 0.29) is 4.90 Å². The van der Waals surface area contributed by atoms with E-state index in [4.69, 9.17) is 0 Å². The molecule has 0 atom stereocenters. The highest BCUT2D eigenvalue weighted by atomic mass is 32.2. The molecule has 4 nitrogen and oxygen atoms in total. The van der Waals surface area contributed by atoms with Gasteiger partial charge in [0, 0.05) is 5.56 Å². The van der Waals surface area contributed by atoms with Crippen LogP contribution in [-0.2, 0) is 10.0 Å². The van der Waals surface area contributed by atoms with E-state index in [0.717, 1.165) is 21.9 Å². The van der Waals surface area contributed by atoms with E-state index in [2.05, 4.69) is 9.93 Å². The third-order valence-corrected chi connectivity index (χ3v) is 5.07. The molecule has 0 aliphatic rings. The van der Waals surface area contributed by atoms with Crippen LogP contribution in [-0.4, -0.2) is 14.1 Å². The van der Waals surface area contributed by atoms with Gasteiger partial charge in [0.2, 0.25) is 0 Å². The van der Waals surface area contributed by atoms with Crippen molar-refractivity contribution < 1.29 is 8.42 Å². The lowest BCUT2D eigenvalue weighted by Crippen LogP contribution is -2.20. The zero-order valence-electron chi connectivity index (χ0n) is 13.5. The molecule has 24 heavy (non-hydrogen) atoms. The summed E-state index contributed by atoms with van der Waals surface area (Å²) >= 11 is 0. The van der Waals surface area contributed by atoms with Gasteiger partial charge in [0.1, 0.15) is 0 Å². The molecule has 0 saturated carbocycles. The molecule has 1 N–H and O–H groups in total. The first-order valence-corrected chi connectivity index (χ1v) is 9.06. The van der Waals surface area contributed by atoms with Crippen LogP contribution in [0.4, 0.5) is 0 Å². The van der Waals surface area contributed by atoms with Gasteiger partial charge in [-0.3, -0.25) is 0 Å². The molecule has 0 spiro atoms. The van der Waals surface area contributed by atoms with Crippen molar-refractivity contribution in [2.45, 2.75) is 18.7 Å². The van der Waals surface area contributed by atoms with E-state index in [1.807, 2.05) is 49.4 Å². The standard InChI is InChI=1S/C19H18N2O2S/c1-14-10-12-17(13-11-14)24(22,23)21-20-15(2)18-9-5-7-16-6-3-4-8-19(16)18/h3-13,21H,1-2H3/b20-15-. The second kappa shape index (κ2) is 6.45. The monoisotopic (exact) mass is 338 g/mol. The van der Waals surface area contributed by atoms with E-state index < -0.39 is 10.0 Å². The molecule has 3 aromatic rings. The fourth-order valence-electron chi connectivity index (χ4n) is 2.50. The Morgan fingerprint density at radius 2 is 1.58 bits per heavy atom. The van der Waals surface area contributed by atoms with Gasteiger partial charge in [0.15, 0.2) is 0 Å². The van der Waals surface area contributed by atoms with Gasteiger partial charge in [0.05, 0.1) is 10.6 Å². The summed E-state index contributed by atoms with van der Waals surface area (Å²) in [5.74, 6) is 0. The Hall–Kier alpha value is -2.66. The maximum atomic E-state index is 12.3. The van der Waals surface area contributed by atoms with Gasteiger partial charge < -0.3 is 0 Å². The number of benzene rings is 3. The van der Waals surface area contributed by atoms with Crippen LogP contribution in [0, 0.1) is 6.92 Å². The molecule has 3 aromatic carbocycles. The van der Waals surface area contributed by atoms with Crippen LogP contribution in [0.15, 0.2) is 76.7 Å². The minimum absolute atomic E-state index is 0.197. The van der Waals surface area contributed by atoms with Crippen LogP contribution < -0.4 is 4.83 Å². The summed E-state index contributed by atoms with van der Waals surface area (Å²) in [5, 5.41) is 6.22. The second-order valence-corrected chi connectivity index (χ2v) is 7.29. The fraction of sp³-hybridized carbons (Fsp3) is 0.105. The molecule has 0 bridgehead atoms. The number of fused-ring (bicyclic) bond motifs is 1. The highest BCUT2D eigenvalue weighted by Crippen LogP contribution is 2.19. The van der Waals surface area contributed by atoms with Crippen LogP contribution in [0.25, 0.3) is 10.8 Å². The van der Waals surface area contributed by atoms with Crippen LogP contribution >= 0.6 is 0 Å². The van der Waals surface area contributed by atoms with E-state index >= 15 is 0 Å². The molecule has 0 unspecified atom stereocenters. The van der Waals surface area contributed by atoms with E-state index in [1.54, 1.807) is 31.2 Å². The highest BCUT2D eigenvalue weighted by molar-refractivity contribution is 7.89. The molecule has 0 radical (unpaired) electrons. The van der Waals surface area contributed by atoms with Crippen molar-refractivity contribution in [3.8, 4) is 0 Å². The van der Waals surface area contributed by atoms with Crippen molar-refractivity contribution in [2.24, 2.45) is 5.10 Å². The number of rotatable bonds is 4. The molecular weight excluding hydrogens is 320 g/mol. The summed E-state index contributed by atoms with van der Waals surface area (Å²) in [4.78, 5) is 2.51. The van der Waals surface area contributed by atoms with Crippen molar-refractivity contribution in [1.82, 2.24) is 4.83 Å². The van der Waals surface area contributed by atoms with Gasteiger partial charge in [-0.05, 0) is 36.8 Å². The number of nitrogens with one attached hydrogen (secondary N) is 1. The summed E-state index contributed by atoms with van der Waals surface area (Å²) in [5.41, 5.74) is 2.52. The summed E-state index contributed by atoms with van der Waals surface area (Å²) in [7, 11) is -3.67. The molecular formula is C19H18N2O2S. The largest absolute Gasteiger partial charge is 0.276 e. The maximum Gasteiger partial charge on any atom is 0.276 e. The minimum atomic E-state index is -3.67. The summed E-state index contributed by atoms with van der Waals surface area (Å²) in [6.07, 6.45) is 0. The molecule has 0 heterocycles. The zero-order valence-corrected chi connectivity index (χ0v) is 14.3.